The predicted octanol–water partition coefficient (Wildman–Crippen LogP) is 1.23. The van der Waals surface area contributed by atoms with E-state index in [1.165, 1.54) is 7.11 Å². The number of rotatable bonds is 4. The summed E-state index contributed by atoms with van der Waals surface area (Å²) in [6, 6.07) is -0.0381. The first kappa shape index (κ1) is 14.7. The van der Waals surface area contributed by atoms with Crippen molar-refractivity contribution in [2.45, 2.75) is 37.6 Å². The van der Waals surface area contributed by atoms with Gasteiger partial charge in [-0.25, -0.2) is 0 Å². The van der Waals surface area contributed by atoms with Crippen LogP contribution in [0.5, 0.6) is 0 Å². The molecule has 1 amide bonds. The van der Waals surface area contributed by atoms with Crippen LogP contribution in [0.4, 0.5) is 0 Å². The van der Waals surface area contributed by atoms with Gasteiger partial charge in [0, 0.05) is 25.2 Å². The molecule has 6 nitrogen and oxygen atoms in total. The SMILES string of the molecule is COC(=O)C1C2CCC(C2)C1NC(=O)C1CC1c1cnn(C)c1. The molecule has 0 aromatic carbocycles. The number of nitrogens with one attached hydrogen (secondary N) is 1. The van der Waals surface area contributed by atoms with Crippen LogP contribution in [0.25, 0.3) is 0 Å². The van der Waals surface area contributed by atoms with Crippen molar-refractivity contribution in [1.82, 2.24) is 15.1 Å². The Morgan fingerprint density at radius 2 is 2.09 bits per heavy atom. The van der Waals surface area contributed by atoms with Gasteiger partial charge in [0.15, 0.2) is 0 Å². The van der Waals surface area contributed by atoms with Gasteiger partial charge in [0.25, 0.3) is 0 Å². The molecule has 3 saturated carbocycles. The first-order valence-corrected chi connectivity index (χ1v) is 8.45. The van der Waals surface area contributed by atoms with Gasteiger partial charge in [0.2, 0.25) is 5.91 Å². The summed E-state index contributed by atoms with van der Waals surface area (Å²) in [5.74, 6) is 0.885. The number of nitrogens with zero attached hydrogens (tertiary/aromatic N) is 2. The van der Waals surface area contributed by atoms with Crippen LogP contribution in [0.2, 0.25) is 0 Å². The average Bonchev–Trinajstić information content (AvgIpc) is 2.86. The maximum absolute atomic E-state index is 12.6. The van der Waals surface area contributed by atoms with Crippen LogP contribution in [0, 0.1) is 23.7 Å². The second-order valence-corrected chi connectivity index (χ2v) is 7.31. The fourth-order valence-corrected chi connectivity index (χ4v) is 4.73. The molecule has 0 spiro atoms. The Balaban J connectivity index is 1.42. The molecular formula is C17H23N3O3. The Hall–Kier alpha value is -1.85. The van der Waals surface area contributed by atoms with Gasteiger partial charge in [-0.15, -0.1) is 0 Å². The Morgan fingerprint density at radius 1 is 1.30 bits per heavy atom. The van der Waals surface area contributed by atoms with E-state index in [2.05, 4.69) is 10.4 Å². The average molecular weight is 317 g/mol. The molecule has 6 heteroatoms. The topological polar surface area (TPSA) is 73.2 Å². The van der Waals surface area contributed by atoms with Crippen molar-refractivity contribution in [2.24, 2.45) is 30.7 Å². The number of fused-ring (bicyclic) bond motifs is 2. The number of esters is 1. The number of hydrogen-bond acceptors (Lipinski definition) is 4. The molecule has 1 aromatic heterocycles. The zero-order chi connectivity index (χ0) is 16.1. The number of aryl methyl sites for hydroxylation is 1. The minimum absolute atomic E-state index is 0.0247. The molecule has 0 radical (unpaired) electrons. The van der Waals surface area contributed by atoms with Crippen molar-refractivity contribution in [1.29, 1.82) is 0 Å². The fraction of sp³-hybridized carbons (Fsp3) is 0.706. The van der Waals surface area contributed by atoms with E-state index in [9.17, 15) is 9.59 Å². The Labute approximate surface area is 135 Å². The van der Waals surface area contributed by atoms with E-state index < -0.39 is 0 Å². The first-order valence-electron chi connectivity index (χ1n) is 8.45. The van der Waals surface area contributed by atoms with Gasteiger partial charge in [-0.1, -0.05) is 0 Å². The number of ether oxygens (including phenoxy) is 1. The molecule has 1 N–H and O–H groups in total. The fourth-order valence-electron chi connectivity index (χ4n) is 4.73. The molecule has 124 valence electrons. The van der Waals surface area contributed by atoms with E-state index >= 15 is 0 Å². The Morgan fingerprint density at radius 3 is 2.78 bits per heavy atom. The lowest BCUT2D eigenvalue weighted by molar-refractivity contribution is -0.148. The highest BCUT2D eigenvalue weighted by Gasteiger charge is 2.53. The normalized spacial score (nSPS) is 37.7. The molecule has 0 saturated heterocycles. The highest BCUT2D eigenvalue weighted by Crippen LogP contribution is 2.51. The molecule has 2 bridgehead atoms. The largest absolute Gasteiger partial charge is 0.469 e. The summed E-state index contributed by atoms with van der Waals surface area (Å²) >= 11 is 0. The summed E-state index contributed by atoms with van der Waals surface area (Å²) in [6.45, 7) is 0. The van der Waals surface area contributed by atoms with Crippen LogP contribution in [0.1, 0.15) is 37.2 Å². The minimum Gasteiger partial charge on any atom is -0.469 e. The molecule has 3 aliphatic carbocycles. The third-order valence-corrected chi connectivity index (χ3v) is 5.98. The zero-order valence-electron chi connectivity index (χ0n) is 13.6. The molecule has 0 aliphatic heterocycles. The summed E-state index contributed by atoms with van der Waals surface area (Å²) < 4.78 is 6.74. The van der Waals surface area contributed by atoms with Crippen molar-refractivity contribution < 1.29 is 14.3 Å². The number of aromatic nitrogens is 2. The molecule has 3 fully saturated rings. The number of carbonyl (C=O) groups is 2. The third-order valence-electron chi connectivity index (χ3n) is 5.98. The number of amides is 1. The van der Waals surface area contributed by atoms with Crippen molar-refractivity contribution in [3.63, 3.8) is 0 Å². The quantitative estimate of drug-likeness (QED) is 0.848. The lowest BCUT2D eigenvalue weighted by Crippen LogP contribution is -2.47. The van der Waals surface area contributed by atoms with Gasteiger partial charge in [-0.2, -0.15) is 5.10 Å². The Kier molecular flexibility index (Phi) is 3.43. The standard InChI is InChI=1S/C17H23N3O3/c1-20-8-11(7-18-20)12-6-13(12)16(21)19-15-10-4-3-9(5-10)14(15)17(22)23-2/h7-10,12-15H,3-6H2,1-2H3,(H,19,21). The lowest BCUT2D eigenvalue weighted by Gasteiger charge is -2.29. The minimum atomic E-state index is -0.165. The van der Waals surface area contributed by atoms with Crippen LogP contribution >= 0.6 is 0 Å². The molecule has 6 atom stereocenters. The van der Waals surface area contributed by atoms with Crippen LogP contribution in [0.15, 0.2) is 12.4 Å². The van der Waals surface area contributed by atoms with Crippen molar-refractivity contribution in [2.75, 3.05) is 7.11 Å². The van der Waals surface area contributed by atoms with E-state index in [1.807, 2.05) is 19.4 Å². The third kappa shape index (κ3) is 2.44. The second-order valence-electron chi connectivity index (χ2n) is 7.31. The van der Waals surface area contributed by atoms with E-state index in [4.69, 9.17) is 4.74 Å². The number of hydrogen-bond donors (Lipinski definition) is 1. The van der Waals surface area contributed by atoms with Crippen LogP contribution < -0.4 is 5.32 Å². The van der Waals surface area contributed by atoms with Gasteiger partial charge in [0.1, 0.15) is 0 Å². The van der Waals surface area contributed by atoms with Gasteiger partial charge in [0.05, 0.1) is 19.2 Å². The summed E-state index contributed by atoms with van der Waals surface area (Å²) in [7, 11) is 3.32. The summed E-state index contributed by atoms with van der Waals surface area (Å²) in [5.41, 5.74) is 1.13. The van der Waals surface area contributed by atoms with Gasteiger partial charge < -0.3 is 10.1 Å². The van der Waals surface area contributed by atoms with E-state index in [0.717, 1.165) is 31.2 Å². The van der Waals surface area contributed by atoms with Crippen LogP contribution in [-0.2, 0) is 21.4 Å². The molecule has 1 heterocycles. The molecule has 23 heavy (non-hydrogen) atoms. The van der Waals surface area contributed by atoms with Crippen molar-refractivity contribution in [3.8, 4) is 0 Å². The maximum Gasteiger partial charge on any atom is 0.311 e. The predicted molar refractivity (Wildman–Crippen MR) is 82.3 cm³/mol. The number of carbonyl (C=O) groups excluding carboxylic acids is 2. The summed E-state index contributed by atoms with van der Waals surface area (Å²) in [6.07, 6.45) is 7.93. The molecule has 6 unspecified atom stereocenters. The van der Waals surface area contributed by atoms with Crippen molar-refractivity contribution >= 4 is 11.9 Å². The van der Waals surface area contributed by atoms with Crippen LogP contribution in [-0.4, -0.2) is 34.8 Å². The highest BCUT2D eigenvalue weighted by molar-refractivity contribution is 5.84. The van der Waals surface area contributed by atoms with Crippen LogP contribution in [0.3, 0.4) is 0 Å². The Bertz CT molecular complexity index is 641. The molecule has 3 aliphatic rings. The maximum atomic E-state index is 12.6. The van der Waals surface area contributed by atoms with E-state index in [0.29, 0.717) is 11.8 Å². The second kappa shape index (κ2) is 5.35. The summed E-state index contributed by atoms with van der Waals surface area (Å²) in [4.78, 5) is 24.7. The summed E-state index contributed by atoms with van der Waals surface area (Å²) in [5, 5.41) is 7.35. The zero-order valence-corrected chi connectivity index (χ0v) is 13.6. The molecule has 4 rings (SSSR count). The van der Waals surface area contributed by atoms with Gasteiger partial charge >= 0.3 is 5.97 Å². The van der Waals surface area contributed by atoms with Gasteiger partial charge in [-0.05, 0) is 49.0 Å². The highest BCUT2D eigenvalue weighted by atomic mass is 16.5. The van der Waals surface area contributed by atoms with Gasteiger partial charge in [-0.3, -0.25) is 14.3 Å². The smallest absolute Gasteiger partial charge is 0.311 e. The van der Waals surface area contributed by atoms with Crippen molar-refractivity contribution in [3.05, 3.63) is 18.0 Å². The molecular weight excluding hydrogens is 294 g/mol. The van der Waals surface area contributed by atoms with E-state index in [1.54, 1.807) is 4.68 Å². The first-order chi connectivity index (χ1) is 11.1. The lowest BCUT2D eigenvalue weighted by atomic mass is 9.84. The van der Waals surface area contributed by atoms with E-state index in [-0.39, 0.29) is 35.7 Å². The number of methoxy groups -OCH3 is 1. The monoisotopic (exact) mass is 317 g/mol. The molecule has 1 aromatic rings.